The summed E-state index contributed by atoms with van der Waals surface area (Å²) in [5.74, 6) is 3.49. The van der Waals surface area contributed by atoms with Crippen molar-refractivity contribution in [3.8, 4) is 0 Å². The molecule has 33 heavy (non-hydrogen) atoms. The molecular formula is C33H36. The first-order valence-electron chi connectivity index (χ1n) is 14.0. The molecule has 0 spiro atoms. The first-order valence-corrected chi connectivity index (χ1v) is 14.0. The zero-order valence-electron chi connectivity index (χ0n) is 20.0. The molecule has 0 unspecified atom stereocenters. The molecule has 0 N–H and O–H groups in total. The lowest BCUT2D eigenvalue weighted by molar-refractivity contribution is 0.784. The van der Waals surface area contributed by atoms with Gasteiger partial charge in [0.1, 0.15) is 0 Å². The van der Waals surface area contributed by atoms with Crippen LogP contribution in [0.3, 0.4) is 0 Å². The molecule has 2 aromatic carbocycles. The minimum atomic E-state index is 0.867. The van der Waals surface area contributed by atoms with Crippen molar-refractivity contribution >= 4 is 12.2 Å². The van der Waals surface area contributed by atoms with E-state index >= 15 is 0 Å². The van der Waals surface area contributed by atoms with Gasteiger partial charge in [-0.2, -0.15) is 0 Å². The number of allylic oxidation sites excluding steroid dienone is 2. The number of fused-ring (bicyclic) bond motifs is 2. The summed E-state index contributed by atoms with van der Waals surface area (Å²) < 4.78 is 0. The van der Waals surface area contributed by atoms with Crippen LogP contribution in [0, 0.1) is 0 Å². The Kier molecular flexibility index (Phi) is 4.20. The zero-order chi connectivity index (χ0) is 21.5. The standard InChI is InChI=1S/C33H36/c1(2-20-16-30-26(22-4-5-22)12-13-27(23-6-7-23)31(30)17-20)3-21-18-32-28(24-8-9-24)14-15-29(25-10-11-25)33(32)19-21/h12-16,18,22-25H,1-11,17,19H2. The van der Waals surface area contributed by atoms with Gasteiger partial charge in [0, 0.05) is 0 Å². The number of hydrogen-bond acceptors (Lipinski definition) is 0. The molecule has 0 aliphatic heterocycles. The fourth-order valence-electron chi connectivity index (χ4n) is 7.02. The molecule has 0 heteroatoms. The summed E-state index contributed by atoms with van der Waals surface area (Å²) in [4.78, 5) is 0. The molecule has 0 saturated heterocycles. The molecule has 6 aliphatic carbocycles. The second-order valence-corrected chi connectivity index (χ2v) is 12.2. The Bertz CT molecular complexity index is 1110. The van der Waals surface area contributed by atoms with E-state index in [1.54, 1.807) is 55.7 Å². The third-order valence-electron chi connectivity index (χ3n) is 9.42. The van der Waals surface area contributed by atoms with Gasteiger partial charge >= 0.3 is 0 Å². The Balaban J connectivity index is 0.982. The van der Waals surface area contributed by atoms with Crippen LogP contribution in [0.25, 0.3) is 12.2 Å². The van der Waals surface area contributed by atoms with Crippen molar-refractivity contribution in [2.75, 3.05) is 0 Å². The van der Waals surface area contributed by atoms with Gasteiger partial charge in [0.05, 0.1) is 0 Å². The second kappa shape index (κ2) is 7.21. The van der Waals surface area contributed by atoms with Crippen LogP contribution in [0.2, 0.25) is 0 Å². The smallest absolute Gasteiger partial charge is 0.00549 e. The quantitative estimate of drug-likeness (QED) is 0.390. The summed E-state index contributed by atoms with van der Waals surface area (Å²) >= 11 is 0. The lowest BCUT2D eigenvalue weighted by Crippen LogP contribution is -1.97. The van der Waals surface area contributed by atoms with E-state index in [9.17, 15) is 0 Å². The van der Waals surface area contributed by atoms with Crippen LogP contribution in [0.1, 0.15) is 139 Å². The van der Waals surface area contributed by atoms with Crippen LogP contribution in [-0.4, -0.2) is 0 Å². The van der Waals surface area contributed by atoms with Crippen molar-refractivity contribution in [3.63, 3.8) is 0 Å². The summed E-state index contributed by atoms with van der Waals surface area (Å²) in [5.41, 5.74) is 17.0. The summed E-state index contributed by atoms with van der Waals surface area (Å²) in [6.45, 7) is 0. The van der Waals surface area contributed by atoms with Crippen molar-refractivity contribution in [1.29, 1.82) is 0 Å². The van der Waals surface area contributed by atoms with Gasteiger partial charge in [0.15, 0.2) is 0 Å². The molecule has 0 radical (unpaired) electrons. The number of rotatable bonds is 8. The maximum absolute atomic E-state index is 2.63. The minimum absolute atomic E-state index is 0.867. The van der Waals surface area contributed by atoms with Gasteiger partial charge in [-0.1, -0.05) is 47.6 Å². The van der Waals surface area contributed by atoms with Crippen molar-refractivity contribution in [2.24, 2.45) is 0 Å². The average Bonchev–Trinajstić information content (AvgIpc) is 3.66. The van der Waals surface area contributed by atoms with Gasteiger partial charge in [-0.25, -0.2) is 0 Å². The van der Waals surface area contributed by atoms with E-state index in [2.05, 4.69) is 36.4 Å². The predicted molar refractivity (Wildman–Crippen MR) is 138 cm³/mol. The zero-order valence-corrected chi connectivity index (χ0v) is 20.0. The van der Waals surface area contributed by atoms with Crippen LogP contribution in [0.15, 0.2) is 35.4 Å². The van der Waals surface area contributed by atoms with E-state index in [4.69, 9.17) is 0 Å². The molecule has 8 rings (SSSR count). The van der Waals surface area contributed by atoms with Crippen molar-refractivity contribution in [2.45, 2.75) is 107 Å². The predicted octanol–water partition coefficient (Wildman–Crippen LogP) is 8.95. The summed E-state index contributed by atoms with van der Waals surface area (Å²) in [5, 5.41) is 0. The second-order valence-electron chi connectivity index (χ2n) is 12.2. The summed E-state index contributed by atoms with van der Waals surface area (Å²) in [7, 11) is 0. The van der Waals surface area contributed by atoms with Gasteiger partial charge in [0.25, 0.3) is 0 Å². The first kappa shape index (κ1) is 19.2. The molecular weight excluding hydrogens is 396 g/mol. The Morgan fingerprint density at radius 3 is 1.24 bits per heavy atom. The largest absolute Gasteiger partial charge is 0.0652 e. The third-order valence-corrected chi connectivity index (χ3v) is 9.42. The van der Waals surface area contributed by atoms with Crippen LogP contribution < -0.4 is 0 Å². The van der Waals surface area contributed by atoms with Crippen molar-refractivity contribution < 1.29 is 0 Å². The molecule has 4 fully saturated rings. The van der Waals surface area contributed by atoms with Crippen LogP contribution in [0.4, 0.5) is 0 Å². The molecule has 0 atom stereocenters. The van der Waals surface area contributed by atoms with E-state index in [0.29, 0.717) is 0 Å². The highest BCUT2D eigenvalue weighted by atomic mass is 14.4. The highest BCUT2D eigenvalue weighted by Crippen LogP contribution is 2.51. The van der Waals surface area contributed by atoms with Crippen molar-refractivity contribution in [3.05, 3.63) is 79.9 Å². The molecule has 0 heterocycles. The maximum Gasteiger partial charge on any atom is -0.00549 e. The SMILES string of the molecule is C1=C(CCCC2=Cc3c(C4CC4)ccc(C4CC4)c3C2)Cc2c(C3CC3)ccc(C3CC3)c21. The topological polar surface area (TPSA) is 0 Å². The van der Waals surface area contributed by atoms with Gasteiger partial charge in [-0.15, -0.1) is 0 Å². The van der Waals surface area contributed by atoms with Gasteiger partial charge in [-0.3, -0.25) is 0 Å². The highest BCUT2D eigenvalue weighted by molar-refractivity contribution is 5.71. The van der Waals surface area contributed by atoms with Gasteiger partial charge in [0.2, 0.25) is 0 Å². The molecule has 6 aliphatic rings. The lowest BCUT2D eigenvalue weighted by Gasteiger charge is -2.12. The van der Waals surface area contributed by atoms with Gasteiger partial charge < -0.3 is 0 Å². The lowest BCUT2D eigenvalue weighted by atomic mass is 9.92. The Hall–Kier alpha value is -2.08. The van der Waals surface area contributed by atoms with E-state index in [0.717, 1.165) is 23.7 Å². The monoisotopic (exact) mass is 432 g/mol. The molecule has 0 aromatic heterocycles. The normalized spacial score (nSPS) is 23.4. The minimum Gasteiger partial charge on any atom is -0.0652 e. The molecule has 0 nitrogen and oxygen atoms in total. The van der Waals surface area contributed by atoms with E-state index < -0.39 is 0 Å². The molecule has 2 aromatic rings. The number of hydrogen-bond donors (Lipinski definition) is 0. The highest BCUT2D eigenvalue weighted by Gasteiger charge is 2.35. The van der Waals surface area contributed by atoms with E-state index in [1.165, 1.54) is 83.5 Å². The summed E-state index contributed by atoms with van der Waals surface area (Å²) in [6.07, 6.45) is 23.0. The van der Waals surface area contributed by atoms with Gasteiger partial charge in [-0.05, 0) is 152 Å². The Morgan fingerprint density at radius 1 is 0.485 bits per heavy atom. The fraction of sp³-hybridized carbons (Fsp3) is 0.515. The Morgan fingerprint density at radius 2 is 0.848 bits per heavy atom. The third kappa shape index (κ3) is 3.48. The van der Waals surface area contributed by atoms with E-state index in [-0.39, 0.29) is 0 Å². The first-order chi connectivity index (χ1) is 16.3. The number of benzene rings is 2. The van der Waals surface area contributed by atoms with Crippen molar-refractivity contribution in [1.82, 2.24) is 0 Å². The maximum atomic E-state index is 2.63. The van der Waals surface area contributed by atoms with Crippen LogP contribution in [-0.2, 0) is 12.8 Å². The van der Waals surface area contributed by atoms with E-state index in [1.807, 2.05) is 0 Å². The average molecular weight is 433 g/mol. The summed E-state index contributed by atoms with van der Waals surface area (Å²) in [6, 6.07) is 10.0. The molecule has 168 valence electrons. The molecule has 0 bridgehead atoms. The van der Waals surface area contributed by atoms with Crippen LogP contribution >= 0.6 is 0 Å². The fourth-order valence-corrected chi connectivity index (χ4v) is 7.02. The molecule has 4 saturated carbocycles. The Labute approximate surface area is 199 Å². The molecule has 0 amide bonds. The van der Waals surface area contributed by atoms with Crippen LogP contribution in [0.5, 0.6) is 0 Å².